The molecule has 0 saturated carbocycles. The van der Waals surface area contributed by atoms with Crippen molar-refractivity contribution in [3.63, 3.8) is 0 Å². The number of carbonyl (C=O) groups is 1. The average Bonchev–Trinajstić information content (AvgIpc) is 2.59. The van der Waals surface area contributed by atoms with E-state index in [9.17, 15) is 4.79 Å². The first-order chi connectivity index (χ1) is 11.5. The second kappa shape index (κ2) is 7.15. The molecule has 3 rings (SSSR count). The molecule has 0 spiro atoms. The molecule has 2 aromatic rings. The number of benzene rings is 1. The zero-order valence-corrected chi connectivity index (χ0v) is 14.5. The highest BCUT2D eigenvalue weighted by Gasteiger charge is 2.18. The van der Waals surface area contributed by atoms with Gasteiger partial charge < -0.3 is 15.1 Å². The molecule has 7 heteroatoms. The van der Waals surface area contributed by atoms with Gasteiger partial charge in [0.15, 0.2) is 0 Å². The van der Waals surface area contributed by atoms with Crippen LogP contribution in [0.5, 0.6) is 0 Å². The van der Waals surface area contributed by atoms with Gasteiger partial charge in [-0.2, -0.15) is 0 Å². The Morgan fingerprint density at radius 3 is 2.71 bits per heavy atom. The molecule has 1 amide bonds. The van der Waals surface area contributed by atoms with Crippen LogP contribution in [0.4, 0.5) is 11.6 Å². The van der Waals surface area contributed by atoms with Crippen molar-refractivity contribution in [2.24, 2.45) is 0 Å². The van der Waals surface area contributed by atoms with Gasteiger partial charge in [0.1, 0.15) is 5.69 Å². The van der Waals surface area contributed by atoms with Crippen LogP contribution in [0.3, 0.4) is 0 Å². The molecule has 1 aliphatic rings. The SMILES string of the molecule is Cc1ccc(Cl)cc1NC(=O)c1ccnc(N2CCN(C)CC2)n1. The van der Waals surface area contributed by atoms with E-state index in [2.05, 4.69) is 32.1 Å². The molecule has 1 fully saturated rings. The molecule has 1 saturated heterocycles. The molecule has 0 aliphatic carbocycles. The molecule has 2 heterocycles. The molecule has 126 valence electrons. The fourth-order valence-electron chi connectivity index (χ4n) is 2.55. The molecule has 1 N–H and O–H groups in total. The summed E-state index contributed by atoms with van der Waals surface area (Å²) in [6.07, 6.45) is 1.63. The Bertz CT molecular complexity index is 744. The summed E-state index contributed by atoms with van der Waals surface area (Å²) in [6.45, 7) is 5.55. The number of anilines is 2. The van der Waals surface area contributed by atoms with Crippen LogP contribution in [0.1, 0.15) is 16.1 Å². The minimum atomic E-state index is -0.266. The van der Waals surface area contributed by atoms with Crippen LogP contribution in [-0.2, 0) is 0 Å². The van der Waals surface area contributed by atoms with Crippen molar-refractivity contribution in [2.75, 3.05) is 43.4 Å². The standard InChI is InChI=1S/C17H20ClN5O/c1-12-3-4-13(18)11-15(12)20-16(24)14-5-6-19-17(21-14)23-9-7-22(2)8-10-23/h3-6,11H,7-10H2,1-2H3,(H,20,24). The number of hydrogen-bond acceptors (Lipinski definition) is 5. The largest absolute Gasteiger partial charge is 0.338 e. The summed E-state index contributed by atoms with van der Waals surface area (Å²) in [7, 11) is 2.09. The van der Waals surface area contributed by atoms with Crippen LogP contribution in [0.25, 0.3) is 0 Å². The lowest BCUT2D eigenvalue weighted by Gasteiger charge is -2.32. The minimum absolute atomic E-state index is 0.266. The summed E-state index contributed by atoms with van der Waals surface area (Å²) in [4.78, 5) is 25.6. The van der Waals surface area contributed by atoms with Gasteiger partial charge in [0.05, 0.1) is 0 Å². The fraction of sp³-hybridized carbons (Fsp3) is 0.353. The number of piperazine rings is 1. The van der Waals surface area contributed by atoms with Crippen LogP contribution in [0, 0.1) is 6.92 Å². The number of nitrogens with zero attached hydrogens (tertiary/aromatic N) is 4. The van der Waals surface area contributed by atoms with Crippen LogP contribution in [0.15, 0.2) is 30.5 Å². The van der Waals surface area contributed by atoms with Crippen molar-refractivity contribution in [3.8, 4) is 0 Å². The van der Waals surface area contributed by atoms with E-state index in [1.807, 2.05) is 13.0 Å². The number of hydrogen-bond donors (Lipinski definition) is 1. The lowest BCUT2D eigenvalue weighted by atomic mass is 10.2. The molecule has 0 bridgehead atoms. The zero-order chi connectivity index (χ0) is 17.1. The number of aryl methyl sites for hydroxylation is 1. The normalized spacial score (nSPS) is 15.4. The second-order valence-corrected chi connectivity index (χ2v) is 6.38. The van der Waals surface area contributed by atoms with Crippen LogP contribution in [-0.4, -0.2) is 54.0 Å². The maximum Gasteiger partial charge on any atom is 0.274 e. The van der Waals surface area contributed by atoms with Crippen molar-refractivity contribution in [1.29, 1.82) is 0 Å². The van der Waals surface area contributed by atoms with Crippen molar-refractivity contribution in [1.82, 2.24) is 14.9 Å². The van der Waals surface area contributed by atoms with E-state index >= 15 is 0 Å². The Hall–Kier alpha value is -2.18. The monoisotopic (exact) mass is 345 g/mol. The third-order valence-corrected chi connectivity index (χ3v) is 4.34. The number of carbonyl (C=O) groups excluding carboxylic acids is 1. The first-order valence-electron chi connectivity index (χ1n) is 7.87. The molecule has 0 radical (unpaired) electrons. The zero-order valence-electron chi connectivity index (χ0n) is 13.8. The maximum absolute atomic E-state index is 12.5. The van der Waals surface area contributed by atoms with Gasteiger partial charge in [-0.25, -0.2) is 9.97 Å². The number of halogens is 1. The first kappa shape index (κ1) is 16.7. The lowest BCUT2D eigenvalue weighted by molar-refractivity contribution is 0.102. The molecular formula is C17H20ClN5O. The third-order valence-electron chi connectivity index (χ3n) is 4.11. The van der Waals surface area contributed by atoms with Gasteiger partial charge in [0, 0.05) is 43.1 Å². The van der Waals surface area contributed by atoms with Crippen LogP contribution < -0.4 is 10.2 Å². The third kappa shape index (κ3) is 3.83. The molecule has 0 unspecified atom stereocenters. The van der Waals surface area contributed by atoms with E-state index in [4.69, 9.17) is 11.6 Å². The Labute approximate surface area is 146 Å². The number of aromatic nitrogens is 2. The van der Waals surface area contributed by atoms with Crippen molar-refractivity contribution in [2.45, 2.75) is 6.92 Å². The highest BCUT2D eigenvalue weighted by molar-refractivity contribution is 6.31. The van der Waals surface area contributed by atoms with Crippen LogP contribution in [0.2, 0.25) is 5.02 Å². The van der Waals surface area contributed by atoms with E-state index < -0.39 is 0 Å². The van der Waals surface area contributed by atoms with Gasteiger partial charge in [-0.15, -0.1) is 0 Å². The highest BCUT2D eigenvalue weighted by Crippen LogP contribution is 2.21. The smallest absolute Gasteiger partial charge is 0.274 e. The van der Waals surface area contributed by atoms with E-state index in [1.54, 1.807) is 24.4 Å². The predicted octanol–water partition coefficient (Wildman–Crippen LogP) is 2.44. The Balaban J connectivity index is 1.76. The number of nitrogens with one attached hydrogen (secondary N) is 1. The molecular weight excluding hydrogens is 326 g/mol. The van der Waals surface area contributed by atoms with Gasteiger partial charge in [-0.1, -0.05) is 17.7 Å². The summed E-state index contributed by atoms with van der Waals surface area (Å²) < 4.78 is 0. The molecule has 1 aromatic carbocycles. The summed E-state index contributed by atoms with van der Waals surface area (Å²) in [5.41, 5.74) is 1.98. The van der Waals surface area contributed by atoms with Crippen molar-refractivity contribution in [3.05, 3.63) is 46.7 Å². The minimum Gasteiger partial charge on any atom is -0.338 e. The van der Waals surface area contributed by atoms with Gasteiger partial charge in [0.2, 0.25) is 5.95 Å². The maximum atomic E-state index is 12.5. The summed E-state index contributed by atoms with van der Waals surface area (Å²) in [5, 5.41) is 3.44. The Morgan fingerprint density at radius 1 is 1.21 bits per heavy atom. The van der Waals surface area contributed by atoms with Crippen LogP contribution >= 0.6 is 11.6 Å². The van der Waals surface area contributed by atoms with Gasteiger partial charge in [0.25, 0.3) is 5.91 Å². The lowest BCUT2D eigenvalue weighted by Crippen LogP contribution is -2.45. The van der Waals surface area contributed by atoms with E-state index in [0.29, 0.717) is 22.4 Å². The summed E-state index contributed by atoms with van der Waals surface area (Å²) in [6, 6.07) is 7.02. The predicted molar refractivity (Wildman–Crippen MR) is 95.9 cm³/mol. The van der Waals surface area contributed by atoms with Gasteiger partial charge >= 0.3 is 0 Å². The fourth-order valence-corrected chi connectivity index (χ4v) is 2.72. The molecule has 24 heavy (non-hydrogen) atoms. The van der Waals surface area contributed by atoms with E-state index in [0.717, 1.165) is 31.7 Å². The number of amides is 1. The number of rotatable bonds is 3. The van der Waals surface area contributed by atoms with Crippen molar-refractivity contribution < 1.29 is 4.79 Å². The summed E-state index contributed by atoms with van der Waals surface area (Å²) >= 11 is 6.00. The molecule has 1 aliphatic heterocycles. The van der Waals surface area contributed by atoms with Crippen molar-refractivity contribution >= 4 is 29.1 Å². The topological polar surface area (TPSA) is 61.4 Å². The average molecular weight is 346 g/mol. The number of likely N-dealkylation sites (N-methyl/N-ethyl adjacent to an activating group) is 1. The Kier molecular flexibility index (Phi) is 4.97. The summed E-state index contributed by atoms with van der Waals surface area (Å²) in [5.74, 6) is 0.330. The van der Waals surface area contributed by atoms with E-state index in [-0.39, 0.29) is 5.91 Å². The van der Waals surface area contributed by atoms with Gasteiger partial charge in [-0.05, 0) is 37.7 Å². The molecule has 0 atom stereocenters. The van der Waals surface area contributed by atoms with E-state index in [1.165, 1.54) is 0 Å². The molecule has 6 nitrogen and oxygen atoms in total. The first-order valence-corrected chi connectivity index (χ1v) is 8.25. The quantitative estimate of drug-likeness (QED) is 0.925. The van der Waals surface area contributed by atoms with Gasteiger partial charge in [-0.3, -0.25) is 4.79 Å². The highest BCUT2D eigenvalue weighted by atomic mass is 35.5. The second-order valence-electron chi connectivity index (χ2n) is 5.95. The Morgan fingerprint density at radius 2 is 1.96 bits per heavy atom. The molecule has 1 aromatic heterocycles.